The third kappa shape index (κ3) is 5.23. The fraction of sp³-hybridized carbons (Fsp3) is 0.467. The van der Waals surface area contributed by atoms with Crippen LogP contribution in [0.4, 0.5) is 0 Å². The fourth-order valence-electron chi connectivity index (χ4n) is 6.15. The van der Waals surface area contributed by atoms with Crippen LogP contribution in [-0.4, -0.2) is 36.4 Å². The molecule has 0 saturated carbocycles. The topological polar surface area (TPSA) is 82.6 Å². The normalized spacial score (nSPS) is 24.4. The number of rotatable bonds is 6. The van der Waals surface area contributed by atoms with Crippen molar-refractivity contribution >= 4 is 18.7 Å². The summed E-state index contributed by atoms with van der Waals surface area (Å²) in [5.74, 6) is -0.754. The lowest BCUT2D eigenvalue weighted by atomic mass is 9.94. The number of benzene rings is 2. The van der Waals surface area contributed by atoms with E-state index in [0.29, 0.717) is 13.0 Å². The smallest absolute Gasteiger partial charge is 0.330 e. The Bertz CT molecular complexity index is 1290. The van der Waals surface area contributed by atoms with Crippen LogP contribution in [0.25, 0.3) is 0 Å². The van der Waals surface area contributed by atoms with Crippen molar-refractivity contribution in [2.75, 3.05) is 6.61 Å². The number of aromatic amines is 1. The molecule has 0 radical (unpaired) electrons. The molecule has 0 bridgehead atoms. The number of nitrogens with zero attached hydrogens (tertiary/aromatic N) is 1. The molecule has 1 N–H and O–H groups in total. The van der Waals surface area contributed by atoms with Crippen molar-refractivity contribution in [2.45, 2.75) is 82.5 Å². The standard InChI is InChI=1S/C30H38N2O5Si/c1-29(2,3)38(24-13-6-4-7-14-24,25-15-8-5-9-16-25)35-22-23-12-10-19-30(36-23)20-11-17-27(37-30)32-21-18-26(33)31-28(32)34/h4-9,13-16,18,21,23,27H,10-12,17,19-20,22H2,1-3H3,(H,31,33,34)/t23-,27+,30-/m1/s1. The average molecular weight is 535 g/mol. The highest BCUT2D eigenvalue weighted by Gasteiger charge is 2.51. The first-order valence-corrected chi connectivity index (χ1v) is 15.6. The maximum Gasteiger partial charge on any atom is 0.330 e. The van der Waals surface area contributed by atoms with E-state index in [0.717, 1.165) is 32.1 Å². The van der Waals surface area contributed by atoms with Crippen LogP contribution in [0.15, 0.2) is 82.5 Å². The van der Waals surface area contributed by atoms with Gasteiger partial charge in [0.05, 0.1) is 12.7 Å². The van der Waals surface area contributed by atoms with Crippen molar-refractivity contribution in [2.24, 2.45) is 0 Å². The van der Waals surface area contributed by atoms with Crippen molar-refractivity contribution in [3.05, 3.63) is 93.8 Å². The van der Waals surface area contributed by atoms with Gasteiger partial charge in [-0.3, -0.25) is 14.3 Å². The minimum atomic E-state index is -2.67. The fourth-order valence-corrected chi connectivity index (χ4v) is 10.7. The first-order valence-electron chi connectivity index (χ1n) is 13.6. The van der Waals surface area contributed by atoms with Crippen LogP contribution in [0.5, 0.6) is 0 Å². The molecule has 0 aliphatic carbocycles. The van der Waals surface area contributed by atoms with Gasteiger partial charge in [0.15, 0.2) is 5.79 Å². The summed E-state index contributed by atoms with van der Waals surface area (Å²) in [6.07, 6.45) is 5.90. The second kappa shape index (κ2) is 10.8. The summed E-state index contributed by atoms with van der Waals surface area (Å²) in [7, 11) is -2.67. The summed E-state index contributed by atoms with van der Waals surface area (Å²) in [4.78, 5) is 26.3. The predicted molar refractivity (Wildman–Crippen MR) is 150 cm³/mol. The van der Waals surface area contributed by atoms with Gasteiger partial charge in [0.25, 0.3) is 13.9 Å². The molecule has 2 aliphatic heterocycles. The summed E-state index contributed by atoms with van der Waals surface area (Å²) >= 11 is 0. The van der Waals surface area contributed by atoms with E-state index in [-0.39, 0.29) is 11.1 Å². The minimum Gasteiger partial charge on any atom is -0.405 e. The third-order valence-electron chi connectivity index (χ3n) is 7.89. The number of aromatic nitrogens is 2. The zero-order valence-corrected chi connectivity index (χ0v) is 23.5. The van der Waals surface area contributed by atoms with E-state index >= 15 is 0 Å². The monoisotopic (exact) mass is 534 g/mol. The van der Waals surface area contributed by atoms with Gasteiger partial charge in [0.1, 0.15) is 6.23 Å². The molecule has 7 nitrogen and oxygen atoms in total. The Balaban J connectivity index is 1.39. The molecular weight excluding hydrogens is 496 g/mol. The molecule has 2 saturated heterocycles. The molecule has 3 aromatic rings. The van der Waals surface area contributed by atoms with Gasteiger partial charge in [-0.15, -0.1) is 0 Å². The zero-order valence-electron chi connectivity index (χ0n) is 22.5. The molecule has 2 aliphatic rings. The van der Waals surface area contributed by atoms with Crippen LogP contribution in [0.1, 0.15) is 65.5 Å². The quantitative estimate of drug-likeness (QED) is 0.482. The molecule has 2 fully saturated rings. The Hall–Kier alpha value is -2.78. The van der Waals surface area contributed by atoms with E-state index in [1.165, 1.54) is 27.2 Å². The lowest BCUT2D eigenvalue weighted by Crippen LogP contribution is -2.67. The van der Waals surface area contributed by atoms with Gasteiger partial charge in [-0.05, 0) is 41.1 Å². The number of hydrogen-bond acceptors (Lipinski definition) is 5. The maximum absolute atomic E-state index is 12.4. The Morgan fingerprint density at radius 1 is 0.921 bits per heavy atom. The van der Waals surface area contributed by atoms with Crippen molar-refractivity contribution in [3.8, 4) is 0 Å². The number of H-pyrrole nitrogens is 1. The number of ether oxygens (including phenoxy) is 2. The van der Waals surface area contributed by atoms with Crippen LogP contribution in [0, 0.1) is 0 Å². The molecule has 2 aromatic carbocycles. The van der Waals surface area contributed by atoms with Crippen LogP contribution in [-0.2, 0) is 13.9 Å². The summed E-state index contributed by atoms with van der Waals surface area (Å²) in [5, 5.41) is 2.38. The molecule has 5 rings (SSSR count). The van der Waals surface area contributed by atoms with Crippen molar-refractivity contribution < 1.29 is 13.9 Å². The molecule has 3 atom stereocenters. The Kier molecular flexibility index (Phi) is 7.60. The molecular formula is C30H38N2O5Si. The van der Waals surface area contributed by atoms with Gasteiger partial charge in [0, 0.05) is 25.1 Å². The Morgan fingerprint density at radius 2 is 1.53 bits per heavy atom. The molecule has 3 heterocycles. The van der Waals surface area contributed by atoms with Gasteiger partial charge in [-0.25, -0.2) is 4.79 Å². The van der Waals surface area contributed by atoms with E-state index in [2.05, 4.69) is 86.4 Å². The predicted octanol–water partition coefficient (Wildman–Crippen LogP) is 4.08. The highest BCUT2D eigenvalue weighted by molar-refractivity contribution is 6.99. The first-order chi connectivity index (χ1) is 18.2. The molecule has 8 heteroatoms. The van der Waals surface area contributed by atoms with E-state index in [4.69, 9.17) is 13.9 Å². The Labute approximate surface area is 224 Å². The molecule has 202 valence electrons. The van der Waals surface area contributed by atoms with Gasteiger partial charge in [-0.1, -0.05) is 81.4 Å². The largest absolute Gasteiger partial charge is 0.405 e. The molecule has 0 amide bonds. The summed E-state index contributed by atoms with van der Waals surface area (Å²) in [5.41, 5.74) is -0.867. The minimum absolute atomic E-state index is 0.111. The summed E-state index contributed by atoms with van der Waals surface area (Å²) in [6, 6.07) is 22.6. The number of hydrogen-bond donors (Lipinski definition) is 1. The Morgan fingerprint density at radius 3 is 2.11 bits per heavy atom. The van der Waals surface area contributed by atoms with Crippen LogP contribution >= 0.6 is 0 Å². The maximum atomic E-state index is 12.4. The lowest BCUT2D eigenvalue weighted by Gasteiger charge is -2.47. The zero-order chi connectivity index (χ0) is 26.8. The van der Waals surface area contributed by atoms with Gasteiger partial charge < -0.3 is 13.9 Å². The van der Waals surface area contributed by atoms with Crippen LogP contribution < -0.4 is 21.6 Å². The summed E-state index contributed by atoms with van der Waals surface area (Å²) < 4.78 is 21.8. The SMILES string of the molecule is CC(C)(C)[Si](OC[C@H]1CCC[C@@]2(CCC[C@@H](n3ccc(=O)[nH]c3=O)O2)O1)(c1ccccc1)c1ccccc1. The van der Waals surface area contributed by atoms with Gasteiger partial charge >= 0.3 is 5.69 Å². The van der Waals surface area contributed by atoms with Crippen molar-refractivity contribution in [1.29, 1.82) is 0 Å². The highest BCUT2D eigenvalue weighted by Crippen LogP contribution is 2.43. The molecule has 1 spiro atoms. The van der Waals surface area contributed by atoms with E-state index in [1.807, 2.05) is 0 Å². The average Bonchev–Trinajstić information content (AvgIpc) is 2.90. The highest BCUT2D eigenvalue weighted by atomic mass is 28.4. The molecule has 1 aromatic heterocycles. The third-order valence-corrected chi connectivity index (χ3v) is 12.9. The van der Waals surface area contributed by atoms with E-state index < -0.39 is 31.6 Å². The first kappa shape index (κ1) is 26.8. The van der Waals surface area contributed by atoms with Crippen LogP contribution in [0.3, 0.4) is 0 Å². The van der Waals surface area contributed by atoms with Gasteiger partial charge in [-0.2, -0.15) is 0 Å². The molecule has 0 unspecified atom stereocenters. The summed E-state index contributed by atoms with van der Waals surface area (Å²) in [6.45, 7) is 7.30. The van der Waals surface area contributed by atoms with Crippen LogP contribution in [0.2, 0.25) is 5.04 Å². The lowest BCUT2D eigenvalue weighted by molar-refractivity contribution is -0.330. The van der Waals surface area contributed by atoms with Crippen molar-refractivity contribution in [1.82, 2.24) is 9.55 Å². The van der Waals surface area contributed by atoms with E-state index in [1.54, 1.807) is 0 Å². The number of nitrogens with one attached hydrogen (secondary N) is 1. The molecule has 38 heavy (non-hydrogen) atoms. The second-order valence-electron chi connectivity index (χ2n) is 11.5. The van der Waals surface area contributed by atoms with E-state index in [9.17, 15) is 9.59 Å². The second-order valence-corrected chi connectivity index (χ2v) is 15.8. The van der Waals surface area contributed by atoms with Gasteiger partial charge in [0.2, 0.25) is 0 Å². The van der Waals surface area contributed by atoms with Crippen molar-refractivity contribution in [3.63, 3.8) is 0 Å².